The lowest BCUT2D eigenvalue weighted by molar-refractivity contribution is -0.132. The molecule has 1 fully saturated rings. The summed E-state index contributed by atoms with van der Waals surface area (Å²) in [7, 11) is -1.67. The molecule has 82 valence electrons. The van der Waals surface area contributed by atoms with E-state index in [1.807, 2.05) is 0 Å². The van der Waals surface area contributed by atoms with Gasteiger partial charge >= 0.3 is 0 Å². The van der Waals surface area contributed by atoms with Crippen molar-refractivity contribution < 1.29 is 13.2 Å². The third kappa shape index (κ3) is 2.43. The average molecular weight is 221 g/mol. The number of rotatable bonds is 3. The standard InChI is InChI=1S/C7H15N3O3S/c1-9-3-4-10(6-7(9)11)14(12,13)5-2-8/h2-6,8H2,1H3. The molecular formula is C7H15N3O3S. The predicted molar refractivity (Wildman–Crippen MR) is 52.1 cm³/mol. The minimum atomic E-state index is -3.33. The lowest BCUT2D eigenvalue weighted by atomic mass is 10.4. The van der Waals surface area contributed by atoms with E-state index in [0.717, 1.165) is 0 Å². The molecule has 0 aliphatic carbocycles. The van der Waals surface area contributed by atoms with Crippen LogP contribution in [0, 0.1) is 0 Å². The normalized spacial score (nSPS) is 20.1. The molecule has 0 atom stereocenters. The summed E-state index contributed by atoms with van der Waals surface area (Å²) in [6, 6.07) is 0. The van der Waals surface area contributed by atoms with Gasteiger partial charge in [-0.25, -0.2) is 8.42 Å². The third-order valence-corrected chi connectivity index (χ3v) is 4.04. The molecule has 1 aliphatic rings. The SMILES string of the molecule is CN1CCN(S(=O)(=O)CCN)CC1=O. The predicted octanol–water partition coefficient (Wildman–Crippen LogP) is -1.95. The Balaban J connectivity index is 2.68. The second-order valence-corrected chi connectivity index (χ2v) is 5.34. The van der Waals surface area contributed by atoms with Crippen molar-refractivity contribution in [2.24, 2.45) is 5.73 Å². The number of nitrogens with two attached hydrogens (primary N) is 1. The molecule has 2 N–H and O–H groups in total. The molecule has 14 heavy (non-hydrogen) atoms. The monoisotopic (exact) mass is 221 g/mol. The van der Waals surface area contributed by atoms with Crippen LogP contribution < -0.4 is 5.73 Å². The fourth-order valence-corrected chi connectivity index (χ4v) is 2.48. The smallest absolute Gasteiger partial charge is 0.237 e. The van der Waals surface area contributed by atoms with Crippen molar-refractivity contribution >= 4 is 15.9 Å². The van der Waals surface area contributed by atoms with Crippen molar-refractivity contribution in [1.29, 1.82) is 0 Å². The van der Waals surface area contributed by atoms with Crippen LogP contribution in [0.4, 0.5) is 0 Å². The molecule has 0 spiro atoms. The molecule has 0 unspecified atom stereocenters. The molecule has 0 aromatic heterocycles. The molecule has 1 amide bonds. The van der Waals surface area contributed by atoms with Crippen LogP contribution in [-0.2, 0) is 14.8 Å². The first-order valence-electron chi connectivity index (χ1n) is 4.39. The van der Waals surface area contributed by atoms with Crippen molar-refractivity contribution in [2.75, 3.05) is 39.0 Å². The molecule has 0 aromatic carbocycles. The van der Waals surface area contributed by atoms with Crippen LogP contribution in [0.5, 0.6) is 0 Å². The Labute approximate surface area is 83.7 Å². The number of hydrogen-bond donors (Lipinski definition) is 1. The Morgan fingerprint density at radius 1 is 1.43 bits per heavy atom. The zero-order chi connectivity index (χ0) is 10.8. The van der Waals surface area contributed by atoms with Crippen LogP contribution in [0.1, 0.15) is 0 Å². The molecule has 7 heteroatoms. The lowest BCUT2D eigenvalue weighted by Crippen LogP contribution is -2.51. The first-order chi connectivity index (χ1) is 6.47. The molecule has 0 radical (unpaired) electrons. The highest BCUT2D eigenvalue weighted by atomic mass is 32.2. The summed E-state index contributed by atoms with van der Waals surface area (Å²) in [4.78, 5) is 12.8. The quantitative estimate of drug-likeness (QED) is 0.600. The van der Waals surface area contributed by atoms with Gasteiger partial charge < -0.3 is 10.6 Å². The Morgan fingerprint density at radius 2 is 2.07 bits per heavy atom. The van der Waals surface area contributed by atoms with Crippen LogP contribution in [-0.4, -0.2) is 62.5 Å². The molecule has 0 saturated carbocycles. The second kappa shape index (κ2) is 4.24. The topological polar surface area (TPSA) is 83.7 Å². The molecule has 1 aliphatic heterocycles. The van der Waals surface area contributed by atoms with E-state index in [1.165, 1.54) is 9.21 Å². The largest absolute Gasteiger partial charge is 0.343 e. The van der Waals surface area contributed by atoms with Crippen molar-refractivity contribution in [1.82, 2.24) is 9.21 Å². The van der Waals surface area contributed by atoms with E-state index in [-0.39, 0.29) is 24.7 Å². The number of nitrogens with zero attached hydrogens (tertiary/aromatic N) is 2. The van der Waals surface area contributed by atoms with Gasteiger partial charge in [0.25, 0.3) is 0 Å². The van der Waals surface area contributed by atoms with Crippen molar-refractivity contribution in [2.45, 2.75) is 0 Å². The number of carbonyl (C=O) groups is 1. The highest BCUT2D eigenvalue weighted by molar-refractivity contribution is 7.89. The molecule has 1 rings (SSSR count). The van der Waals surface area contributed by atoms with Gasteiger partial charge in [0.15, 0.2) is 0 Å². The van der Waals surface area contributed by atoms with E-state index >= 15 is 0 Å². The van der Waals surface area contributed by atoms with E-state index in [2.05, 4.69) is 0 Å². The molecule has 0 aromatic rings. The zero-order valence-electron chi connectivity index (χ0n) is 8.14. The zero-order valence-corrected chi connectivity index (χ0v) is 8.96. The molecule has 6 nitrogen and oxygen atoms in total. The summed E-state index contributed by atoms with van der Waals surface area (Å²) >= 11 is 0. The fourth-order valence-electron chi connectivity index (χ4n) is 1.25. The van der Waals surface area contributed by atoms with Crippen LogP contribution >= 0.6 is 0 Å². The summed E-state index contributed by atoms with van der Waals surface area (Å²) < 4.78 is 24.2. The van der Waals surface area contributed by atoms with Crippen LogP contribution in [0.3, 0.4) is 0 Å². The number of amides is 1. The van der Waals surface area contributed by atoms with Crippen molar-refractivity contribution in [3.05, 3.63) is 0 Å². The van der Waals surface area contributed by atoms with Crippen LogP contribution in [0.15, 0.2) is 0 Å². The summed E-state index contributed by atoms with van der Waals surface area (Å²) in [6.45, 7) is 0.842. The lowest BCUT2D eigenvalue weighted by Gasteiger charge is -2.31. The van der Waals surface area contributed by atoms with E-state index < -0.39 is 10.0 Å². The van der Waals surface area contributed by atoms with Gasteiger partial charge in [-0.05, 0) is 0 Å². The van der Waals surface area contributed by atoms with E-state index in [9.17, 15) is 13.2 Å². The number of carbonyl (C=O) groups excluding carboxylic acids is 1. The molecule has 1 heterocycles. The maximum atomic E-state index is 11.5. The minimum Gasteiger partial charge on any atom is -0.343 e. The van der Waals surface area contributed by atoms with Gasteiger partial charge in [-0.15, -0.1) is 0 Å². The summed E-state index contributed by atoms with van der Waals surface area (Å²) in [6.07, 6.45) is 0. The van der Waals surface area contributed by atoms with Gasteiger partial charge in [0.1, 0.15) is 0 Å². The second-order valence-electron chi connectivity index (χ2n) is 3.25. The summed E-state index contributed by atoms with van der Waals surface area (Å²) in [5.41, 5.74) is 5.18. The van der Waals surface area contributed by atoms with Gasteiger partial charge in [0.2, 0.25) is 15.9 Å². The Hall–Kier alpha value is -0.660. The summed E-state index contributed by atoms with van der Waals surface area (Å²) in [5.74, 6) is -0.263. The first kappa shape index (κ1) is 11.4. The van der Waals surface area contributed by atoms with E-state index in [4.69, 9.17) is 5.73 Å². The first-order valence-corrected chi connectivity index (χ1v) is 6.00. The van der Waals surface area contributed by atoms with Gasteiger partial charge in [0, 0.05) is 26.7 Å². The number of likely N-dealkylation sites (N-methyl/N-ethyl adjacent to an activating group) is 1. The van der Waals surface area contributed by atoms with Crippen LogP contribution in [0.25, 0.3) is 0 Å². The Bertz CT molecular complexity index is 314. The highest BCUT2D eigenvalue weighted by Crippen LogP contribution is 2.06. The number of sulfonamides is 1. The third-order valence-electron chi connectivity index (χ3n) is 2.19. The minimum absolute atomic E-state index is 0.0567. The van der Waals surface area contributed by atoms with E-state index in [0.29, 0.717) is 13.1 Å². The van der Waals surface area contributed by atoms with Gasteiger partial charge in [-0.2, -0.15) is 4.31 Å². The Morgan fingerprint density at radius 3 is 2.57 bits per heavy atom. The fraction of sp³-hybridized carbons (Fsp3) is 0.857. The van der Waals surface area contributed by atoms with E-state index in [1.54, 1.807) is 7.05 Å². The average Bonchev–Trinajstić information content (AvgIpc) is 2.09. The summed E-state index contributed by atoms with van der Waals surface area (Å²) in [5, 5.41) is 0. The maximum Gasteiger partial charge on any atom is 0.237 e. The Kier molecular flexibility index (Phi) is 3.46. The van der Waals surface area contributed by atoms with Crippen LogP contribution in [0.2, 0.25) is 0 Å². The molecular weight excluding hydrogens is 206 g/mol. The van der Waals surface area contributed by atoms with Gasteiger partial charge in [-0.1, -0.05) is 0 Å². The molecule has 0 bridgehead atoms. The molecule has 1 saturated heterocycles. The van der Waals surface area contributed by atoms with Crippen molar-refractivity contribution in [3.63, 3.8) is 0 Å². The number of piperazine rings is 1. The highest BCUT2D eigenvalue weighted by Gasteiger charge is 2.29. The maximum absolute atomic E-state index is 11.5. The van der Waals surface area contributed by atoms with Gasteiger partial charge in [0.05, 0.1) is 12.3 Å². The number of hydrogen-bond acceptors (Lipinski definition) is 4. The van der Waals surface area contributed by atoms with Crippen molar-refractivity contribution in [3.8, 4) is 0 Å². The van der Waals surface area contributed by atoms with Gasteiger partial charge in [-0.3, -0.25) is 4.79 Å².